The highest BCUT2D eigenvalue weighted by atomic mass is 16.6. The van der Waals surface area contributed by atoms with Crippen LogP contribution in [0.1, 0.15) is 24.4 Å². The lowest BCUT2D eigenvalue weighted by atomic mass is 9.98. The Hall–Kier alpha value is -2.17. The number of benzene rings is 1. The zero-order valence-electron chi connectivity index (χ0n) is 10.6. The Balaban J connectivity index is 2.32. The highest BCUT2D eigenvalue weighted by molar-refractivity contribution is 5.87. The van der Waals surface area contributed by atoms with Gasteiger partial charge in [0.15, 0.2) is 0 Å². The second-order valence-electron chi connectivity index (χ2n) is 4.59. The molecule has 2 unspecified atom stereocenters. The Labute approximate surface area is 111 Å². The van der Waals surface area contributed by atoms with Gasteiger partial charge in [-0.2, -0.15) is 0 Å². The summed E-state index contributed by atoms with van der Waals surface area (Å²) in [6.45, 7) is 4.02. The van der Waals surface area contributed by atoms with E-state index in [1.165, 1.54) is 6.08 Å². The third-order valence-electron chi connectivity index (χ3n) is 3.49. The molecule has 2 rings (SSSR count). The summed E-state index contributed by atoms with van der Waals surface area (Å²) in [5.41, 5.74) is 0.640. The van der Waals surface area contributed by atoms with Crippen molar-refractivity contribution in [3.63, 3.8) is 0 Å². The number of carbonyl (C=O) groups is 1. The normalized spacial score (nSPS) is 20.0. The first-order valence-electron chi connectivity index (χ1n) is 6.26. The standard InChI is InChI=1S/C14H16N2O3/c1-2-13(17)15-10-6-9-12(15)14(16(18)19)11-7-4-3-5-8-11/h2-5,7-8,12,14H,1,6,9-10H2. The predicted molar refractivity (Wildman–Crippen MR) is 71.1 cm³/mol. The maximum Gasteiger partial charge on any atom is 0.258 e. The molecule has 5 heteroatoms. The van der Waals surface area contributed by atoms with Crippen LogP contribution in [0.2, 0.25) is 0 Å². The second-order valence-corrected chi connectivity index (χ2v) is 4.59. The zero-order valence-corrected chi connectivity index (χ0v) is 10.6. The first kappa shape index (κ1) is 13.3. The first-order chi connectivity index (χ1) is 9.15. The highest BCUT2D eigenvalue weighted by Gasteiger charge is 2.41. The van der Waals surface area contributed by atoms with E-state index in [4.69, 9.17) is 0 Å². The van der Waals surface area contributed by atoms with Gasteiger partial charge in [-0.05, 0) is 18.9 Å². The van der Waals surface area contributed by atoms with E-state index in [9.17, 15) is 14.9 Å². The molecular weight excluding hydrogens is 244 g/mol. The molecule has 1 aromatic carbocycles. The van der Waals surface area contributed by atoms with Gasteiger partial charge in [-0.15, -0.1) is 0 Å². The van der Waals surface area contributed by atoms with Crippen molar-refractivity contribution in [3.8, 4) is 0 Å². The Kier molecular flexibility index (Phi) is 3.94. The third-order valence-corrected chi connectivity index (χ3v) is 3.49. The average Bonchev–Trinajstić information content (AvgIpc) is 2.88. The number of nitro groups is 1. The van der Waals surface area contributed by atoms with E-state index in [2.05, 4.69) is 6.58 Å². The zero-order chi connectivity index (χ0) is 13.8. The maximum atomic E-state index is 11.8. The van der Waals surface area contributed by atoms with E-state index >= 15 is 0 Å². The van der Waals surface area contributed by atoms with Crippen LogP contribution in [0, 0.1) is 10.1 Å². The van der Waals surface area contributed by atoms with Crippen molar-refractivity contribution >= 4 is 5.91 Å². The molecular formula is C14H16N2O3. The number of carbonyl (C=O) groups excluding carboxylic acids is 1. The summed E-state index contributed by atoms with van der Waals surface area (Å²) >= 11 is 0. The van der Waals surface area contributed by atoms with Crippen LogP contribution in [0.5, 0.6) is 0 Å². The lowest BCUT2D eigenvalue weighted by Crippen LogP contribution is -2.40. The summed E-state index contributed by atoms with van der Waals surface area (Å²) in [6.07, 6.45) is 2.67. The number of nitrogens with zero attached hydrogens (tertiary/aromatic N) is 2. The van der Waals surface area contributed by atoms with Crippen LogP contribution in [-0.2, 0) is 4.79 Å². The van der Waals surface area contributed by atoms with Crippen LogP contribution in [0.25, 0.3) is 0 Å². The number of hydrogen-bond donors (Lipinski definition) is 0. The molecule has 1 fully saturated rings. The maximum absolute atomic E-state index is 11.8. The molecule has 0 aliphatic carbocycles. The minimum atomic E-state index is -0.868. The summed E-state index contributed by atoms with van der Waals surface area (Å²) in [5.74, 6) is -0.231. The van der Waals surface area contributed by atoms with Gasteiger partial charge in [-0.1, -0.05) is 36.9 Å². The lowest BCUT2D eigenvalue weighted by molar-refractivity contribution is -0.535. The van der Waals surface area contributed by atoms with Crippen LogP contribution in [0.15, 0.2) is 43.0 Å². The Bertz CT molecular complexity index is 487. The van der Waals surface area contributed by atoms with Gasteiger partial charge in [0.05, 0.1) is 0 Å². The Morgan fingerprint density at radius 2 is 2.16 bits per heavy atom. The van der Waals surface area contributed by atoms with Crippen LogP contribution in [0.3, 0.4) is 0 Å². The summed E-state index contributed by atoms with van der Waals surface area (Å²) in [7, 11) is 0. The average molecular weight is 260 g/mol. The minimum Gasteiger partial charge on any atom is -0.329 e. The summed E-state index contributed by atoms with van der Waals surface area (Å²) in [5, 5.41) is 11.4. The molecule has 1 aliphatic rings. The van der Waals surface area contributed by atoms with E-state index in [1.807, 2.05) is 6.07 Å². The van der Waals surface area contributed by atoms with Gasteiger partial charge >= 0.3 is 0 Å². The molecule has 0 radical (unpaired) electrons. The number of amides is 1. The molecule has 1 heterocycles. The van der Waals surface area contributed by atoms with Gasteiger partial charge in [-0.25, -0.2) is 0 Å². The van der Waals surface area contributed by atoms with Crippen molar-refractivity contribution in [2.24, 2.45) is 0 Å². The fourth-order valence-corrected chi connectivity index (χ4v) is 2.65. The molecule has 0 aromatic heterocycles. The third kappa shape index (κ3) is 2.65. The largest absolute Gasteiger partial charge is 0.329 e. The van der Waals surface area contributed by atoms with Gasteiger partial charge in [-0.3, -0.25) is 14.9 Å². The quantitative estimate of drug-likeness (QED) is 0.473. The molecule has 100 valence electrons. The first-order valence-corrected chi connectivity index (χ1v) is 6.26. The van der Waals surface area contributed by atoms with Crippen molar-refractivity contribution in [1.82, 2.24) is 4.90 Å². The molecule has 1 aromatic rings. The molecule has 1 amide bonds. The number of likely N-dealkylation sites (tertiary alicyclic amines) is 1. The SMILES string of the molecule is C=CC(=O)N1CCCC1C(c1ccccc1)[N+](=O)[O-]. The number of rotatable bonds is 4. The minimum absolute atomic E-state index is 0.231. The fourth-order valence-electron chi connectivity index (χ4n) is 2.65. The van der Waals surface area contributed by atoms with Gasteiger partial charge in [0.1, 0.15) is 6.04 Å². The molecule has 0 spiro atoms. The van der Waals surface area contributed by atoms with E-state index in [-0.39, 0.29) is 16.9 Å². The molecule has 1 saturated heterocycles. The molecule has 19 heavy (non-hydrogen) atoms. The van der Waals surface area contributed by atoms with Crippen LogP contribution in [-0.4, -0.2) is 28.3 Å². The molecule has 2 atom stereocenters. The second kappa shape index (κ2) is 5.65. The van der Waals surface area contributed by atoms with Crippen LogP contribution < -0.4 is 0 Å². The summed E-state index contributed by atoms with van der Waals surface area (Å²) in [4.78, 5) is 24.4. The van der Waals surface area contributed by atoms with Gasteiger partial charge in [0, 0.05) is 17.0 Å². The smallest absolute Gasteiger partial charge is 0.258 e. The molecule has 1 aliphatic heterocycles. The van der Waals surface area contributed by atoms with Crippen molar-refractivity contribution in [3.05, 3.63) is 58.7 Å². The summed E-state index contributed by atoms with van der Waals surface area (Å²) in [6, 6.07) is 7.60. The highest BCUT2D eigenvalue weighted by Crippen LogP contribution is 2.31. The van der Waals surface area contributed by atoms with E-state index in [0.717, 1.165) is 6.42 Å². The number of hydrogen-bond acceptors (Lipinski definition) is 3. The monoisotopic (exact) mass is 260 g/mol. The molecule has 5 nitrogen and oxygen atoms in total. The predicted octanol–water partition coefficient (Wildman–Crippen LogP) is 2.18. The summed E-state index contributed by atoms with van der Waals surface area (Å²) < 4.78 is 0. The molecule has 0 N–H and O–H groups in total. The van der Waals surface area contributed by atoms with Crippen molar-refractivity contribution in [2.75, 3.05) is 6.54 Å². The van der Waals surface area contributed by atoms with Crippen molar-refractivity contribution in [2.45, 2.75) is 24.9 Å². The van der Waals surface area contributed by atoms with Gasteiger partial charge in [0.2, 0.25) is 5.91 Å². The fraction of sp³-hybridized carbons (Fsp3) is 0.357. The molecule has 0 bridgehead atoms. The lowest BCUT2D eigenvalue weighted by Gasteiger charge is -2.26. The van der Waals surface area contributed by atoms with Gasteiger partial charge in [0.25, 0.3) is 6.04 Å². The Morgan fingerprint density at radius 1 is 1.47 bits per heavy atom. The topological polar surface area (TPSA) is 63.5 Å². The molecule has 0 saturated carbocycles. The van der Waals surface area contributed by atoms with Crippen LogP contribution in [0.4, 0.5) is 0 Å². The van der Waals surface area contributed by atoms with E-state index in [1.54, 1.807) is 29.2 Å². The Morgan fingerprint density at radius 3 is 2.74 bits per heavy atom. The van der Waals surface area contributed by atoms with Crippen LogP contribution >= 0.6 is 0 Å². The van der Waals surface area contributed by atoms with Crippen molar-refractivity contribution < 1.29 is 9.72 Å². The van der Waals surface area contributed by atoms with Gasteiger partial charge < -0.3 is 4.90 Å². The van der Waals surface area contributed by atoms with E-state index in [0.29, 0.717) is 18.5 Å². The van der Waals surface area contributed by atoms with Crippen molar-refractivity contribution in [1.29, 1.82) is 0 Å². The van der Waals surface area contributed by atoms with E-state index < -0.39 is 6.04 Å².